The fourth-order valence-electron chi connectivity index (χ4n) is 2.04. The van der Waals surface area contributed by atoms with Crippen LogP contribution < -0.4 is 5.73 Å². The van der Waals surface area contributed by atoms with E-state index in [1.54, 1.807) is 35.9 Å². The van der Waals surface area contributed by atoms with Crippen LogP contribution in [0.25, 0.3) is 21.4 Å². The van der Waals surface area contributed by atoms with Gasteiger partial charge in [0.05, 0.1) is 16.1 Å². The predicted octanol–water partition coefficient (Wildman–Crippen LogP) is 3.65. The highest BCUT2D eigenvalue weighted by Crippen LogP contribution is 2.31. The molecule has 1 aromatic carbocycles. The summed E-state index contributed by atoms with van der Waals surface area (Å²) in [7, 11) is 0. The molecular weight excluding hydrogens is 266 g/mol. The third-order valence-electron chi connectivity index (χ3n) is 3.04. The first-order valence-corrected chi connectivity index (χ1v) is 6.90. The molecule has 96 valence electrons. The van der Waals surface area contributed by atoms with E-state index in [9.17, 15) is 5.26 Å². The smallest absolute Gasteiger partial charge is 0.102 e. The molecule has 20 heavy (non-hydrogen) atoms. The molecule has 3 aromatic rings. The predicted molar refractivity (Wildman–Crippen MR) is 82.7 cm³/mol. The third-order valence-corrected chi connectivity index (χ3v) is 4.19. The summed E-state index contributed by atoms with van der Waals surface area (Å²) in [5, 5.41) is 10.5. The summed E-state index contributed by atoms with van der Waals surface area (Å²) in [5.74, 6) is 0. The number of pyridine rings is 1. The second-order valence-corrected chi connectivity index (χ2v) is 5.37. The molecule has 0 aliphatic rings. The van der Waals surface area contributed by atoms with Gasteiger partial charge in [-0.1, -0.05) is 18.2 Å². The summed E-state index contributed by atoms with van der Waals surface area (Å²) in [4.78, 5) is 4.87. The first-order valence-electron chi connectivity index (χ1n) is 6.09. The topological polar surface area (TPSA) is 62.7 Å². The van der Waals surface area contributed by atoms with E-state index in [1.165, 1.54) is 0 Å². The minimum atomic E-state index is 0.485. The van der Waals surface area contributed by atoms with Gasteiger partial charge in [0.15, 0.2) is 0 Å². The molecule has 2 heterocycles. The zero-order valence-electron chi connectivity index (χ0n) is 10.6. The van der Waals surface area contributed by atoms with Crippen LogP contribution in [-0.2, 0) is 0 Å². The van der Waals surface area contributed by atoms with Crippen LogP contribution in [-0.4, -0.2) is 4.98 Å². The molecule has 3 rings (SSSR count). The minimum Gasteiger partial charge on any atom is -0.396 e. The van der Waals surface area contributed by atoms with E-state index in [0.29, 0.717) is 11.3 Å². The van der Waals surface area contributed by atoms with Crippen molar-refractivity contribution in [2.75, 3.05) is 0 Å². The number of nitrogens with zero attached hydrogens (tertiary/aromatic N) is 2. The molecule has 0 fully saturated rings. The number of nitriles is 1. The van der Waals surface area contributed by atoms with Crippen LogP contribution in [0.1, 0.15) is 10.4 Å². The third kappa shape index (κ3) is 2.15. The second-order valence-electron chi connectivity index (χ2n) is 4.28. The van der Waals surface area contributed by atoms with E-state index in [0.717, 1.165) is 20.5 Å². The monoisotopic (exact) mass is 277 g/mol. The molecule has 0 spiro atoms. The lowest BCUT2D eigenvalue weighted by molar-refractivity contribution is 1.32. The number of hydrogen-bond acceptors (Lipinski definition) is 4. The van der Waals surface area contributed by atoms with Gasteiger partial charge < -0.3 is 5.73 Å². The van der Waals surface area contributed by atoms with Crippen molar-refractivity contribution in [2.24, 2.45) is 5.73 Å². The number of aromatic nitrogens is 1. The van der Waals surface area contributed by atoms with Crippen LogP contribution in [0.4, 0.5) is 0 Å². The van der Waals surface area contributed by atoms with E-state index >= 15 is 0 Å². The highest BCUT2D eigenvalue weighted by atomic mass is 32.1. The van der Waals surface area contributed by atoms with Gasteiger partial charge in [-0.2, -0.15) is 5.26 Å². The molecule has 0 amide bonds. The summed E-state index contributed by atoms with van der Waals surface area (Å²) in [5.41, 5.74) is 7.98. The van der Waals surface area contributed by atoms with Gasteiger partial charge in [0.1, 0.15) is 6.07 Å². The van der Waals surface area contributed by atoms with E-state index in [4.69, 9.17) is 5.73 Å². The van der Waals surface area contributed by atoms with Crippen LogP contribution in [0.15, 0.2) is 54.9 Å². The molecule has 3 nitrogen and oxygen atoms in total. The zero-order valence-corrected chi connectivity index (χ0v) is 11.4. The second kappa shape index (κ2) is 5.16. The highest BCUT2D eigenvalue weighted by Gasteiger charge is 2.11. The lowest BCUT2D eigenvalue weighted by atomic mass is 10.1. The van der Waals surface area contributed by atoms with E-state index < -0.39 is 0 Å². The number of benzene rings is 1. The summed E-state index contributed by atoms with van der Waals surface area (Å²) in [6, 6.07) is 15.9. The molecule has 2 N–H and O–H groups in total. The van der Waals surface area contributed by atoms with Gasteiger partial charge in [-0.05, 0) is 35.2 Å². The van der Waals surface area contributed by atoms with Crippen molar-refractivity contribution >= 4 is 32.7 Å². The maximum Gasteiger partial charge on any atom is 0.102 e. The van der Waals surface area contributed by atoms with Crippen molar-refractivity contribution in [2.45, 2.75) is 0 Å². The zero-order chi connectivity index (χ0) is 13.9. The number of nitrogens with two attached hydrogens (primary N) is 1. The van der Waals surface area contributed by atoms with E-state index in [2.05, 4.69) is 17.1 Å². The first kappa shape index (κ1) is 12.4. The molecule has 0 aliphatic carbocycles. The Morgan fingerprint density at radius 1 is 1.15 bits per heavy atom. The van der Waals surface area contributed by atoms with Gasteiger partial charge in [-0.25, -0.2) is 0 Å². The molecule has 0 unspecified atom stereocenters. The Kier molecular flexibility index (Phi) is 3.20. The summed E-state index contributed by atoms with van der Waals surface area (Å²) < 4.78 is 1.16. The Balaban J connectivity index is 2.16. The van der Waals surface area contributed by atoms with Crippen LogP contribution in [0.3, 0.4) is 0 Å². The summed E-state index contributed by atoms with van der Waals surface area (Å²) >= 11 is 1.59. The van der Waals surface area contributed by atoms with Crippen molar-refractivity contribution < 1.29 is 0 Å². The molecular formula is C16H11N3S. The molecule has 0 atom stereocenters. The fraction of sp³-hybridized carbons (Fsp3) is 0. The summed E-state index contributed by atoms with van der Waals surface area (Å²) in [6.45, 7) is 0. The maximum absolute atomic E-state index is 9.38. The van der Waals surface area contributed by atoms with Gasteiger partial charge in [-0.15, -0.1) is 11.3 Å². The van der Waals surface area contributed by atoms with Crippen molar-refractivity contribution in [3.05, 3.63) is 65.3 Å². The molecule has 0 saturated heterocycles. The standard InChI is InChI=1S/C16H11N3S/c17-10-13(11-5-7-19-8-6-11)16(18)15-9-12-3-1-2-4-14(12)20-15/h1-9H,18H2/b16-13-. The molecule has 2 aromatic heterocycles. The van der Waals surface area contributed by atoms with Crippen LogP contribution >= 0.6 is 11.3 Å². The lowest BCUT2D eigenvalue weighted by Gasteiger charge is -2.03. The van der Waals surface area contributed by atoms with Gasteiger partial charge >= 0.3 is 0 Å². The van der Waals surface area contributed by atoms with Gasteiger partial charge in [0.25, 0.3) is 0 Å². The number of hydrogen-bond donors (Lipinski definition) is 1. The normalized spacial score (nSPS) is 11.9. The van der Waals surface area contributed by atoms with Crippen molar-refractivity contribution in [3.8, 4) is 6.07 Å². The van der Waals surface area contributed by atoms with Crippen LogP contribution in [0, 0.1) is 11.3 Å². The van der Waals surface area contributed by atoms with E-state index in [1.807, 2.05) is 24.3 Å². The highest BCUT2D eigenvalue weighted by molar-refractivity contribution is 7.20. The molecule has 0 aliphatic heterocycles. The molecule has 0 saturated carbocycles. The Bertz CT molecular complexity index is 793. The number of allylic oxidation sites excluding steroid dienone is 1. The number of fused-ring (bicyclic) bond motifs is 1. The van der Waals surface area contributed by atoms with Crippen LogP contribution in [0.2, 0.25) is 0 Å². The minimum absolute atomic E-state index is 0.485. The molecule has 0 radical (unpaired) electrons. The lowest BCUT2D eigenvalue weighted by Crippen LogP contribution is -1.98. The Labute approximate surface area is 120 Å². The molecule has 4 heteroatoms. The SMILES string of the molecule is N#C/C(=C(/N)c1cc2ccccc2s1)c1ccncc1. The van der Waals surface area contributed by atoms with Crippen molar-refractivity contribution in [3.63, 3.8) is 0 Å². The number of rotatable bonds is 2. The fourth-order valence-corrected chi connectivity index (χ4v) is 3.06. The number of thiophene rings is 1. The van der Waals surface area contributed by atoms with Crippen LogP contribution in [0.5, 0.6) is 0 Å². The summed E-state index contributed by atoms with van der Waals surface area (Å²) in [6.07, 6.45) is 3.32. The Morgan fingerprint density at radius 3 is 2.60 bits per heavy atom. The quantitative estimate of drug-likeness (QED) is 0.727. The molecule has 0 bridgehead atoms. The average molecular weight is 277 g/mol. The van der Waals surface area contributed by atoms with Crippen molar-refractivity contribution in [1.82, 2.24) is 4.98 Å². The first-order chi connectivity index (χ1) is 9.79. The average Bonchev–Trinajstić information content (AvgIpc) is 2.93. The Morgan fingerprint density at radius 2 is 1.90 bits per heavy atom. The van der Waals surface area contributed by atoms with E-state index in [-0.39, 0.29) is 0 Å². The Hall–Kier alpha value is -2.64. The van der Waals surface area contributed by atoms with Crippen molar-refractivity contribution in [1.29, 1.82) is 5.26 Å². The van der Waals surface area contributed by atoms with Gasteiger partial charge in [-0.3, -0.25) is 4.98 Å². The van der Waals surface area contributed by atoms with Gasteiger partial charge in [0.2, 0.25) is 0 Å². The van der Waals surface area contributed by atoms with Gasteiger partial charge in [0, 0.05) is 17.1 Å². The maximum atomic E-state index is 9.38. The largest absolute Gasteiger partial charge is 0.396 e.